The summed E-state index contributed by atoms with van der Waals surface area (Å²) in [6.07, 6.45) is 2.14. The highest BCUT2D eigenvalue weighted by molar-refractivity contribution is 6.31. The summed E-state index contributed by atoms with van der Waals surface area (Å²) < 4.78 is 4.62. The molecular formula is C10H6ClN3O5. The lowest BCUT2D eigenvalue weighted by molar-refractivity contribution is -0.385. The number of carbonyl (C=O) groups is 1. The van der Waals surface area contributed by atoms with Crippen molar-refractivity contribution in [1.82, 2.24) is 4.98 Å². The van der Waals surface area contributed by atoms with Crippen LogP contribution in [0.5, 0.6) is 5.75 Å². The Morgan fingerprint density at radius 2 is 2.26 bits per heavy atom. The van der Waals surface area contributed by atoms with E-state index in [2.05, 4.69) is 14.7 Å². The van der Waals surface area contributed by atoms with Crippen molar-refractivity contribution in [3.8, 4) is 5.75 Å². The second-order valence-corrected chi connectivity index (χ2v) is 3.84. The second kappa shape index (κ2) is 4.94. The third-order valence-corrected chi connectivity index (χ3v) is 2.38. The summed E-state index contributed by atoms with van der Waals surface area (Å²) in [6.45, 7) is 0. The first-order valence-electron chi connectivity index (χ1n) is 4.85. The topological polar surface area (TPSA) is 118 Å². The number of aromatic hydroxyl groups is 1. The number of nitrogens with zero attached hydrogens (tertiary/aromatic N) is 2. The maximum Gasteiger partial charge on any atom is 0.314 e. The molecule has 0 saturated heterocycles. The normalized spacial score (nSPS) is 10.2. The molecule has 2 aromatic rings. The number of carbonyl (C=O) groups excluding carboxylic acids is 1. The Kier molecular flexibility index (Phi) is 3.34. The van der Waals surface area contributed by atoms with Crippen molar-refractivity contribution in [1.29, 1.82) is 0 Å². The van der Waals surface area contributed by atoms with E-state index >= 15 is 0 Å². The van der Waals surface area contributed by atoms with E-state index in [0.717, 1.165) is 18.7 Å². The standard InChI is InChI=1S/C10H6ClN3O5/c11-5-1-6(9(15)8(2-5)14(17)18)13-10(16)7-3-19-4-12-7/h1-4,15H,(H,13,16). The minimum Gasteiger partial charge on any atom is -0.501 e. The highest BCUT2D eigenvalue weighted by atomic mass is 35.5. The van der Waals surface area contributed by atoms with Crippen LogP contribution >= 0.6 is 11.6 Å². The van der Waals surface area contributed by atoms with E-state index < -0.39 is 22.3 Å². The van der Waals surface area contributed by atoms with Gasteiger partial charge in [0, 0.05) is 11.1 Å². The molecule has 0 aliphatic carbocycles. The average Bonchev–Trinajstić information content (AvgIpc) is 2.86. The molecule has 19 heavy (non-hydrogen) atoms. The fourth-order valence-corrected chi connectivity index (χ4v) is 1.54. The highest BCUT2D eigenvalue weighted by Crippen LogP contribution is 2.37. The summed E-state index contributed by atoms with van der Waals surface area (Å²) in [5, 5.41) is 22.6. The molecule has 0 aliphatic heterocycles. The first-order chi connectivity index (χ1) is 8.99. The molecule has 1 amide bonds. The molecule has 2 N–H and O–H groups in total. The van der Waals surface area contributed by atoms with Crippen LogP contribution < -0.4 is 5.32 Å². The van der Waals surface area contributed by atoms with E-state index in [1.165, 1.54) is 6.07 Å². The SMILES string of the molecule is O=C(Nc1cc(Cl)cc([N+](=O)[O-])c1O)c1cocn1. The van der Waals surface area contributed by atoms with Gasteiger partial charge >= 0.3 is 5.69 Å². The number of rotatable bonds is 3. The third kappa shape index (κ3) is 2.63. The maximum atomic E-state index is 11.7. The van der Waals surface area contributed by atoms with E-state index in [4.69, 9.17) is 11.6 Å². The number of hydrogen-bond acceptors (Lipinski definition) is 6. The summed E-state index contributed by atoms with van der Waals surface area (Å²) in [7, 11) is 0. The van der Waals surface area contributed by atoms with Crippen molar-refractivity contribution in [2.75, 3.05) is 5.32 Å². The summed E-state index contributed by atoms with van der Waals surface area (Å²) in [5.74, 6) is -1.38. The molecule has 0 spiro atoms. The monoisotopic (exact) mass is 283 g/mol. The van der Waals surface area contributed by atoms with E-state index in [0.29, 0.717) is 0 Å². The molecule has 1 heterocycles. The number of hydrogen-bond donors (Lipinski definition) is 2. The van der Waals surface area contributed by atoms with Gasteiger partial charge in [-0.1, -0.05) is 11.6 Å². The molecule has 98 valence electrons. The third-order valence-electron chi connectivity index (χ3n) is 2.16. The average molecular weight is 284 g/mol. The van der Waals surface area contributed by atoms with Crippen LogP contribution in [0.15, 0.2) is 29.2 Å². The van der Waals surface area contributed by atoms with Crippen molar-refractivity contribution in [2.24, 2.45) is 0 Å². The Bertz CT molecular complexity index is 641. The van der Waals surface area contributed by atoms with E-state index in [1.807, 2.05) is 0 Å². The first kappa shape index (κ1) is 12.8. The Hall–Kier alpha value is -2.61. The zero-order valence-electron chi connectivity index (χ0n) is 9.16. The molecule has 0 aliphatic rings. The van der Waals surface area contributed by atoms with Gasteiger partial charge in [0.25, 0.3) is 5.91 Å². The van der Waals surface area contributed by atoms with E-state index in [9.17, 15) is 20.0 Å². The smallest absolute Gasteiger partial charge is 0.314 e. The molecule has 0 atom stereocenters. The molecule has 0 unspecified atom stereocenters. The van der Waals surface area contributed by atoms with Crippen molar-refractivity contribution in [3.05, 3.63) is 45.6 Å². The van der Waals surface area contributed by atoms with Crippen molar-refractivity contribution in [3.63, 3.8) is 0 Å². The zero-order chi connectivity index (χ0) is 14.0. The second-order valence-electron chi connectivity index (χ2n) is 3.41. The van der Waals surface area contributed by atoms with E-state index in [1.54, 1.807) is 0 Å². The van der Waals surface area contributed by atoms with Crippen LogP contribution in [0.2, 0.25) is 5.02 Å². The van der Waals surface area contributed by atoms with Crippen LogP contribution in [0.4, 0.5) is 11.4 Å². The van der Waals surface area contributed by atoms with Crippen molar-refractivity contribution >= 4 is 28.9 Å². The van der Waals surface area contributed by atoms with Gasteiger partial charge in [0.05, 0.1) is 10.6 Å². The Balaban J connectivity index is 2.35. The lowest BCUT2D eigenvalue weighted by Crippen LogP contribution is -2.12. The van der Waals surface area contributed by atoms with Gasteiger partial charge in [0.15, 0.2) is 12.1 Å². The highest BCUT2D eigenvalue weighted by Gasteiger charge is 2.21. The lowest BCUT2D eigenvalue weighted by Gasteiger charge is -2.06. The van der Waals surface area contributed by atoms with Crippen LogP contribution in [0.1, 0.15) is 10.5 Å². The van der Waals surface area contributed by atoms with Crippen LogP contribution in [-0.2, 0) is 0 Å². The fraction of sp³-hybridized carbons (Fsp3) is 0. The van der Waals surface area contributed by atoms with Crippen molar-refractivity contribution < 1.29 is 19.2 Å². The number of nitrogens with one attached hydrogen (secondary N) is 1. The fourth-order valence-electron chi connectivity index (χ4n) is 1.33. The van der Waals surface area contributed by atoms with Crippen LogP contribution in [0.3, 0.4) is 0 Å². The van der Waals surface area contributed by atoms with Crippen molar-refractivity contribution in [2.45, 2.75) is 0 Å². The van der Waals surface area contributed by atoms with Gasteiger partial charge in [-0.25, -0.2) is 4.98 Å². The van der Waals surface area contributed by atoms with Crippen LogP contribution in [0.25, 0.3) is 0 Å². The molecular weight excluding hydrogens is 278 g/mol. The van der Waals surface area contributed by atoms with Gasteiger partial charge in [-0.2, -0.15) is 0 Å². The minimum atomic E-state index is -0.813. The predicted molar refractivity (Wildman–Crippen MR) is 64.2 cm³/mol. The summed E-state index contributed by atoms with van der Waals surface area (Å²) in [6, 6.07) is 2.16. The number of nitro benzene ring substituents is 1. The van der Waals surface area contributed by atoms with Gasteiger partial charge in [0.1, 0.15) is 6.26 Å². The minimum absolute atomic E-state index is 0.0000437. The summed E-state index contributed by atoms with van der Waals surface area (Å²) in [5.41, 5.74) is -0.836. The number of aromatic nitrogens is 1. The molecule has 2 rings (SSSR count). The predicted octanol–water partition coefficient (Wildman–Crippen LogP) is 2.19. The number of halogens is 1. The number of anilines is 1. The molecule has 1 aromatic carbocycles. The Labute approximate surface area is 110 Å². The number of phenols is 1. The molecule has 1 aromatic heterocycles. The molecule has 0 radical (unpaired) electrons. The zero-order valence-corrected chi connectivity index (χ0v) is 9.92. The molecule has 8 nitrogen and oxygen atoms in total. The molecule has 0 bridgehead atoms. The lowest BCUT2D eigenvalue weighted by atomic mass is 10.2. The largest absolute Gasteiger partial charge is 0.501 e. The summed E-state index contributed by atoms with van der Waals surface area (Å²) in [4.78, 5) is 25.1. The Morgan fingerprint density at radius 1 is 1.53 bits per heavy atom. The molecule has 9 heteroatoms. The van der Waals surface area contributed by atoms with Gasteiger partial charge in [0.2, 0.25) is 5.75 Å². The van der Waals surface area contributed by atoms with Crippen LogP contribution in [-0.4, -0.2) is 20.9 Å². The number of amides is 1. The van der Waals surface area contributed by atoms with Gasteiger partial charge in [-0.05, 0) is 6.07 Å². The first-order valence-corrected chi connectivity index (χ1v) is 5.23. The van der Waals surface area contributed by atoms with E-state index in [-0.39, 0.29) is 16.4 Å². The van der Waals surface area contributed by atoms with Gasteiger partial charge in [-0.3, -0.25) is 14.9 Å². The maximum absolute atomic E-state index is 11.7. The number of oxazole rings is 1. The molecule has 0 saturated carbocycles. The molecule has 0 fully saturated rings. The van der Waals surface area contributed by atoms with Gasteiger partial charge < -0.3 is 14.8 Å². The Morgan fingerprint density at radius 3 is 2.84 bits per heavy atom. The van der Waals surface area contributed by atoms with Crippen LogP contribution in [0, 0.1) is 10.1 Å². The number of nitro groups is 1. The summed E-state index contributed by atoms with van der Waals surface area (Å²) >= 11 is 5.67. The van der Waals surface area contributed by atoms with Gasteiger partial charge in [-0.15, -0.1) is 0 Å². The quantitative estimate of drug-likeness (QED) is 0.506. The number of phenolic OH excluding ortho intramolecular Hbond substituents is 1. The number of benzene rings is 1.